The van der Waals surface area contributed by atoms with E-state index in [1.54, 1.807) is 0 Å². The van der Waals surface area contributed by atoms with E-state index in [4.69, 9.17) is 48.0 Å². The maximum atomic E-state index is 13.1. The van der Waals surface area contributed by atoms with Gasteiger partial charge < -0.3 is 28.4 Å². The summed E-state index contributed by atoms with van der Waals surface area (Å²) in [5.74, 6) is -1.81. The van der Waals surface area contributed by atoms with Gasteiger partial charge in [0.1, 0.15) is 0 Å². The van der Waals surface area contributed by atoms with Gasteiger partial charge in [-0.2, -0.15) is 0 Å². The molecule has 0 aromatic carbocycles. The Hall–Kier alpha value is -1.38. The molecule has 4 bridgehead atoms. The maximum absolute atomic E-state index is 13.1. The summed E-state index contributed by atoms with van der Waals surface area (Å²) in [4.78, 5) is 50.3. The molecule has 8 aliphatic heterocycles. The molecule has 8 heterocycles. The van der Waals surface area contributed by atoms with Crippen LogP contribution in [0.15, 0.2) is 0 Å². The first-order chi connectivity index (χ1) is 21.9. The van der Waals surface area contributed by atoms with E-state index in [1.807, 2.05) is 27.7 Å². The van der Waals surface area contributed by atoms with Crippen molar-refractivity contribution in [3.63, 3.8) is 0 Å². The molecule has 258 valence electrons. The van der Waals surface area contributed by atoms with E-state index in [0.29, 0.717) is 24.7 Å². The van der Waals surface area contributed by atoms with Crippen LogP contribution < -0.4 is 0 Å². The van der Waals surface area contributed by atoms with E-state index in [-0.39, 0.29) is 48.3 Å². The van der Waals surface area contributed by atoms with Crippen LogP contribution in [0.5, 0.6) is 0 Å². The highest BCUT2D eigenvalue weighted by molar-refractivity contribution is 5.77. The van der Waals surface area contributed by atoms with Crippen LogP contribution in [0.25, 0.3) is 0 Å². The largest absolute Gasteiger partial charge is 0.435 e. The van der Waals surface area contributed by atoms with E-state index < -0.39 is 59.9 Å². The number of esters is 2. The molecule has 0 amide bonds. The maximum Gasteiger partial charge on any atom is 0.308 e. The number of carbonyl (C=O) groups excluding carboxylic acids is 2. The summed E-state index contributed by atoms with van der Waals surface area (Å²) < 4.78 is 37.2. The van der Waals surface area contributed by atoms with Crippen LogP contribution >= 0.6 is 0 Å². The van der Waals surface area contributed by atoms with Crippen LogP contribution in [0.3, 0.4) is 0 Å². The van der Waals surface area contributed by atoms with Crippen molar-refractivity contribution in [2.45, 2.75) is 154 Å². The van der Waals surface area contributed by atoms with Crippen molar-refractivity contribution >= 4 is 11.9 Å². The monoisotopic (exact) mass is 650 g/mol. The van der Waals surface area contributed by atoms with Crippen LogP contribution in [-0.4, -0.2) is 59.9 Å². The smallest absolute Gasteiger partial charge is 0.308 e. The van der Waals surface area contributed by atoms with Crippen molar-refractivity contribution in [2.24, 2.45) is 47.3 Å². The van der Waals surface area contributed by atoms with Crippen molar-refractivity contribution in [1.29, 1.82) is 0 Å². The average Bonchev–Trinajstić information content (AvgIpc) is 3.39. The molecular weight excluding hydrogens is 600 g/mol. The molecule has 2 saturated carbocycles. The molecule has 0 aromatic heterocycles. The van der Waals surface area contributed by atoms with Gasteiger partial charge in [0.25, 0.3) is 0 Å². The third-order valence-electron chi connectivity index (χ3n) is 13.2. The minimum absolute atomic E-state index is 0.0339. The summed E-state index contributed by atoms with van der Waals surface area (Å²) in [6.45, 7) is 12.3. The molecule has 0 unspecified atom stereocenters. The van der Waals surface area contributed by atoms with Gasteiger partial charge in [0.15, 0.2) is 23.8 Å². The van der Waals surface area contributed by atoms with Gasteiger partial charge in [-0.15, -0.1) is 0 Å². The molecule has 0 aromatic rings. The van der Waals surface area contributed by atoms with Gasteiger partial charge in [0, 0.05) is 36.5 Å². The lowest BCUT2D eigenvalue weighted by Crippen LogP contribution is -2.70. The first kappa shape index (κ1) is 31.9. The fourth-order valence-electron chi connectivity index (χ4n) is 10.6. The van der Waals surface area contributed by atoms with E-state index in [9.17, 15) is 9.59 Å². The molecule has 2 aliphatic carbocycles. The highest BCUT2D eigenvalue weighted by Crippen LogP contribution is 2.62. The number of rotatable bonds is 5. The van der Waals surface area contributed by atoms with Gasteiger partial charge in [0.05, 0.1) is 12.8 Å². The summed E-state index contributed by atoms with van der Waals surface area (Å²) >= 11 is 0. The molecule has 8 saturated heterocycles. The van der Waals surface area contributed by atoms with Crippen LogP contribution in [0.2, 0.25) is 0 Å². The summed E-state index contributed by atoms with van der Waals surface area (Å²) in [6.07, 6.45) is 3.78. The van der Waals surface area contributed by atoms with Gasteiger partial charge in [-0.1, -0.05) is 27.7 Å². The van der Waals surface area contributed by atoms with Crippen LogP contribution in [0.1, 0.15) is 106 Å². The average molecular weight is 651 g/mol. The Balaban J connectivity index is 0.902. The molecule has 12 heteroatoms. The third kappa shape index (κ3) is 4.68. The Kier molecular flexibility index (Phi) is 7.66. The predicted octanol–water partition coefficient (Wildman–Crippen LogP) is 5.27. The first-order valence-electron chi connectivity index (χ1n) is 17.7. The van der Waals surface area contributed by atoms with Crippen molar-refractivity contribution in [3.05, 3.63) is 0 Å². The zero-order valence-corrected chi connectivity index (χ0v) is 27.9. The van der Waals surface area contributed by atoms with Gasteiger partial charge in [-0.25, -0.2) is 19.6 Å². The van der Waals surface area contributed by atoms with E-state index in [2.05, 4.69) is 13.8 Å². The summed E-state index contributed by atoms with van der Waals surface area (Å²) in [6, 6.07) is 0. The Bertz CT molecular complexity index is 1140. The molecule has 0 radical (unpaired) electrons. The van der Waals surface area contributed by atoms with Crippen molar-refractivity contribution in [2.75, 3.05) is 0 Å². The number of ether oxygens (including phenoxy) is 6. The quantitative estimate of drug-likeness (QED) is 0.284. The summed E-state index contributed by atoms with van der Waals surface area (Å²) in [5, 5.41) is 0. The number of fused-ring (bicyclic) bond motifs is 4. The van der Waals surface area contributed by atoms with Crippen molar-refractivity contribution in [1.82, 2.24) is 0 Å². The number of carbonyl (C=O) groups is 2. The molecule has 10 fully saturated rings. The van der Waals surface area contributed by atoms with Gasteiger partial charge in [0.2, 0.25) is 24.2 Å². The van der Waals surface area contributed by atoms with E-state index in [1.165, 1.54) is 0 Å². The molecule has 12 nitrogen and oxygen atoms in total. The van der Waals surface area contributed by atoms with E-state index in [0.717, 1.165) is 38.5 Å². The fourth-order valence-corrected chi connectivity index (χ4v) is 10.6. The lowest BCUT2D eigenvalue weighted by atomic mass is 9.58. The SMILES string of the molecule is C[C@H]1[C@@H](OC(=O)CCC(=O)O[C@H]2O[C@@H]3O[C@]4(C)CC[C@H]5[C@H](C)CC[C@@H]([C@H]2C)[C@@]35OO4)O[C@@H]2O[C@]3(C)CC[C@H]4[C@H](C)CC[C@@H]1[C@@]24OO3. The van der Waals surface area contributed by atoms with Crippen LogP contribution in [0, 0.1) is 47.3 Å². The Morgan fingerprint density at radius 2 is 1.00 bits per heavy atom. The number of hydrogen-bond acceptors (Lipinski definition) is 12. The molecule has 2 spiro atoms. The van der Waals surface area contributed by atoms with Gasteiger partial charge >= 0.3 is 11.9 Å². The van der Waals surface area contributed by atoms with Gasteiger partial charge in [-0.3, -0.25) is 9.59 Å². The Morgan fingerprint density at radius 1 is 0.587 bits per heavy atom. The highest BCUT2D eigenvalue weighted by atomic mass is 17.3. The molecular formula is C34H50O12. The van der Waals surface area contributed by atoms with Crippen LogP contribution in [-0.2, 0) is 57.6 Å². The third-order valence-corrected chi connectivity index (χ3v) is 13.2. The Morgan fingerprint density at radius 3 is 1.41 bits per heavy atom. The standard InChI is InChI=1S/C34H50O12/c1-17-7-9-23-19(3)27(39-29-33(23)21(17)13-15-31(5,41-29)43-45-33)37-25(35)11-12-26(36)38-28-20(4)24-10-8-18(2)22-14-16-32(6)42-30(40-28)34(22,24)46-44-32/h17-24,27-30H,7-16H2,1-6H3/t17-,18-,19-,20-,21+,22+,23+,24+,27+,28+,29-,30-,31+,32+,33-,34-/m1/s1. The fraction of sp³-hybridized carbons (Fsp3) is 0.941. The second-order valence-corrected chi connectivity index (χ2v) is 16.0. The van der Waals surface area contributed by atoms with Crippen molar-refractivity contribution in [3.8, 4) is 0 Å². The Labute approximate surface area is 270 Å². The molecule has 16 atom stereocenters. The second kappa shape index (κ2) is 11.1. The minimum atomic E-state index is -0.913. The van der Waals surface area contributed by atoms with Crippen molar-refractivity contribution < 1.29 is 57.6 Å². The first-order valence-corrected chi connectivity index (χ1v) is 17.7. The molecule has 46 heavy (non-hydrogen) atoms. The number of hydrogen-bond donors (Lipinski definition) is 0. The predicted molar refractivity (Wildman–Crippen MR) is 155 cm³/mol. The molecule has 10 rings (SSSR count). The zero-order valence-electron chi connectivity index (χ0n) is 27.9. The molecule has 0 N–H and O–H groups in total. The topological polar surface area (TPSA) is 126 Å². The second-order valence-electron chi connectivity index (χ2n) is 16.0. The van der Waals surface area contributed by atoms with Gasteiger partial charge in [-0.05, 0) is 76.0 Å². The minimum Gasteiger partial charge on any atom is -0.435 e. The lowest BCUT2D eigenvalue weighted by molar-refractivity contribution is -0.576. The normalized spacial score (nSPS) is 55.3. The summed E-state index contributed by atoms with van der Waals surface area (Å²) in [5.41, 5.74) is -1.47. The summed E-state index contributed by atoms with van der Waals surface area (Å²) in [7, 11) is 0. The highest BCUT2D eigenvalue weighted by Gasteiger charge is 2.71. The lowest BCUT2D eigenvalue weighted by Gasteiger charge is -2.60. The van der Waals surface area contributed by atoms with Crippen LogP contribution in [0.4, 0.5) is 0 Å². The molecule has 10 aliphatic rings. The van der Waals surface area contributed by atoms with E-state index >= 15 is 0 Å². The zero-order chi connectivity index (χ0) is 32.2.